The molecule has 5 rings (SSSR count). The number of ether oxygens (including phenoxy) is 1. The zero-order chi connectivity index (χ0) is 20.0. The summed E-state index contributed by atoms with van der Waals surface area (Å²) in [5.41, 5.74) is 0.929. The van der Waals surface area contributed by atoms with Gasteiger partial charge < -0.3 is 4.74 Å². The Hall–Kier alpha value is -3.66. The molecule has 0 fully saturated rings. The standard InChI is InChI=1S/C19H14N6O3S/c1-28-12-8-6-11(7-9-12)15-10-29-19-21-20-18(25(19)22-15)24-17(27)14-5-3-2-4-13(14)16(26)23-24/h2-9H,10H2,1H3,(H,23,26). The molecule has 0 aliphatic carbocycles. The molecule has 0 amide bonds. The molecule has 0 spiro atoms. The van der Waals surface area contributed by atoms with E-state index in [1.54, 1.807) is 31.4 Å². The summed E-state index contributed by atoms with van der Waals surface area (Å²) < 4.78 is 7.75. The molecule has 1 aliphatic heterocycles. The summed E-state index contributed by atoms with van der Waals surface area (Å²) in [5, 5.41) is 16.6. The lowest BCUT2D eigenvalue weighted by Crippen LogP contribution is -2.30. The minimum absolute atomic E-state index is 0.131. The van der Waals surface area contributed by atoms with Gasteiger partial charge in [0.1, 0.15) is 5.75 Å². The van der Waals surface area contributed by atoms with Gasteiger partial charge in [-0.2, -0.15) is 14.5 Å². The van der Waals surface area contributed by atoms with Crippen LogP contribution < -0.4 is 15.9 Å². The summed E-state index contributed by atoms with van der Waals surface area (Å²) in [5.74, 6) is 1.49. The topological polar surface area (TPSA) is 107 Å². The number of thioether (sulfide) groups is 1. The number of benzene rings is 2. The number of hydrogen-bond acceptors (Lipinski definition) is 7. The van der Waals surface area contributed by atoms with Crippen molar-refractivity contribution >= 4 is 28.2 Å². The van der Waals surface area contributed by atoms with Crippen molar-refractivity contribution in [2.24, 2.45) is 5.10 Å². The zero-order valence-corrected chi connectivity index (χ0v) is 16.0. The Morgan fingerprint density at radius 3 is 2.55 bits per heavy atom. The smallest absolute Gasteiger partial charge is 0.280 e. The third-order valence-electron chi connectivity index (χ3n) is 4.60. The van der Waals surface area contributed by atoms with Gasteiger partial charge in [-0.05, 0) is 42.0 Å². The Morgan fingerprint density at radius 2 is 1.79 bits per heavy atom. The maximum absolute atomic E-state index is 12.9. The van der Waals surface area contributed by atoms with Gasteiger partial charge in [0.15, 0.2) is 0 Å². The molecule has 1 aliphatic rings. The quantitative estimate of drug-likeness (QED) is 0.554. The van der Waals surface area contributed by atoms with E-state index in [0.29, 0.717) is 21.7 Å². The second-order valence-electron chi connectivity index (χ2n) is 6.29. The molecule has 1 N–H and O–H groups in total. The molecule has 2 aromatic carbocycles. The Kier molecular flexibility index (Phi) is 4.06. The minimum Gasteiger partial charge on any atom is -0.497 e. The van der Waals surface area contributed by atoms with Crippen molar-refractivity contribution in [3.63, 3.8) is 0 Å². The van der Waals surface area contributed by atoms with Gasteiger partial charge >= 0.3 is 0 Å². The summed E-state index contributed by atoms with van der Waals surface area (Å²) in [7, 11) is 1.61. The lowest BCUT2D eigenvalue weighted by atomic mass is 10.1. The van der Waals surface area contributed by atoms with Crippen LogP contribution >= 0.6 is 11.8 Å². The van der Waals surface area contributed by atoms with Crippen molar-refractivity contribution in [2.75, 3.05) is 12.9 Å². The average Bonchev–Trinajstić information content (AvgIpc) is 3.19. The first-order valence-corrected chi connectivity index (χ1v) is 9.69. The molecule has 0 atom stereocenters. The number of rotatable bonds is 3. The first kappa shape index (κ1) is 17.4. The van der Waals surface area contributed by atoms with Crippen LogP contribution in [0.2, 0.25) is 0 Å². The molecular weight excluding hydrogens is 392 g/mol. The Labute approximate surface area is 167 Å². The fourth-order valence-electron chi connectivity index (χ4n) is 3.12. The third-order valence-corrected chi connectivity index (χ3v) is 5.53. The molecule has 9 nitrogen and oxygen atoms in total. The Bertz CT molecular complexity index is 1380. The molecule has 0 radical (unpaired) electrons. The van der Waals surface area contributed by atoms with E-state index in [0.717, 1.165) is 21.7 Å². The highest BCUT2D eigenvalue weighted by molar-refractivity contribution is 7.99. The SMILES string of the molecule is COc1ccc(C2=Nn3c(nnc3-n3[nH]c(=O)c4ccccc4c3=O)SC2)cc1. The van der Waals surface area contributed by atoms with E-state index in [4.69, 9.17) is 4.74 Å². The zero-order valence-electron chi connectivity index (χ0n) is 15.2. The highest BCUT2D eigenvalue weighted by atomic mass is 32.2. The third kappa shape index (κ3) is 2.85. The molecule has 0 unspecified atom stereocenters. The second-order valence-corrected chi connectivity index (χ2v) is 7.23. The maximum atomic E-state index is 12.9. The van der Waals surface area contributed by atoms with Crippen LogP contribution in [-0.4, -0.2) is 43.2 Å². The molecule has 0 bridgehead atoms. The van der Waals surface area contributed by atoms with Gasteiger partial charge in [0.05, 0.1) is 23.6 Å². The van der Waals surface area contributed by atoms with Crippen molar-refractivity contribution in [3.8, 4) is 11.7 Å². The molecule has 0 saturated heterocycles. The number of fused-ring (bicyclic) bond motifs is 2. The number of H-pyrrole nitrogens is 1. The van der Waals surface area contributed by atoms with Crippen LogP contribution in [0.15, 0.2) is 68.4 Å². The van der Waals surface area contributed by atoms with E-state index in [-0.39, 0.29) is 11.5 Å². The summed E-state index contributed by atoms with van der Waals surface area (Å²) in [6.45, 7) is 0. The van der Waals surface area contributed by atoms with Crippen molar-refractivity contribution in [3.05, 3.63) is 74.8 Å². The van der Waals surface area contributed by atoms with Gasteiger partial charge in [-0.25, -0.2) is 0 Å². The summed E-state index contributed by atoms with van der Waals surface area (Å²) in [4.78, 5) is 25.4. The summed E-state index contributed by atoms with van der Waals surface area (Å²) in [6.07, 6.45) is 0. The van der Waals surface area contributed by atoms with Crippen LogP contribution in [0, 0.1) is 0 Å². The average molecular weight is 406 g/mol. The Morgan fingerprint density at radius 1 is 1.03 bits per heavy atom. The van der Waals surface area contributed by atoms with Gasteiger partial charge in [-0.3, -0.25) is 14.7 Å². The maximum Gasteiger partial charge on any atom is 0.280 e. The van der Waals surface area contributed by atoms with E-state index in [1.165, 1.54) is 16.4 Å². The van der Waals surface area contributed by atoms with Gasteiger partial charge in [-0.1, -0.05) is 23.9 Å². The molecule has 29 heavy (non-hydrogen) atoms. The molecule has 2 aromatic heterocycles. The number of aromatic amines is 1. The van der Waals surface area contributed by atoms with Crippen molar-refractivity contribution in [2.45, 2.75) is 5.16 Å². The lowest BCUT2D eigenvalue weighted by Gasteiger charge is -2.14. The van der Waals surface area contributed by atoms with E-state index >= 15 is 0 Å². The van der Waals surface area contributed by atoms with E-state index in [2.05, 4.69) is 20.4 Å². The van der Waals surface area contributed by atoms with Crippen LogP contribution in [0.4, 0.5) is 0 Å². The molecule has 0 saturated carbocycles. The first-order valence-electron chi connectivity index (χ1n) is 8.70. The van der Waals surface area contributed by atoms with Crippen molar-refractivity contribution in [1.29, 1.82) is 0 Å². The van der Waals surface area contributed by atoms with Crippen molar-refractivity contribution < 1.29 is 4.74 Å². The van der Waals surface area contributed by atoms with Crippen LogP contribution in [0.1, 0.15) is 5.56 Å². The monoisotopic (exact) mass is 406 g/mol. The highest BCUT2D eigenvalue weighted by Gasteiger charge is 2.22. The van der Waals surface area contributed by atoms with Crippen LogP contribution in [0.25, 0.3) is 16.7 Å². The normalized spacial score (nSPS) is 13.2. The first-order chi connectivity index (χ1) is 14.2. The predicted octanol–water partition coefficient (Wildman–Crippen LogP) is 1.64. The van der Waals surface area contributed by atoms with Crippen LogP contribution in [-0.2, 0) is 0 Å². The Balaban J connectivity index is 1.66. The number of hydrogen-bond donors (Lipinski definition) is 1. The number of aromatic nitrogens is 5. The molecular formula is C19H14N6O3S. The number of nitrogens with one attached hydrogen (secondary N) is 1. The lowest BCUT2D eigenvalue weighted by molar-refractivity contribution is 0.415. The van der Waals surface area contributed by atoms with Gasteiger partial charge in [-0.15, -0.1) is 10.2 Å². The summed E-state index contributed by atoms with van der Waals surface area (Å²) >= 11 is 1.45. The van der Waals surface area contributed by atoms with Gasteiger partial charge in [0, 0.05) is 5.75 Å². The number of nitrogens with zero attached hydrogens (tertiary/aromatic N) is 5. The van der Waals surface area contributed by atoms with Gasteiger partial charge in [0.25, 0.3) is 17.1 Å². The highest BCUT2D eigenvalue weighted by Crippen LogP contribution is 2.25. The van der Waals surface area contributed by atoms with E-state index in [1.807, 2.05) is 24.3 Å². The van der Waals surface area contributed by atoms with Crippen LogP contribution in [0.5, 0.6) is 5.75 Å². The van der Waals surface area contributed by atoms with Gasteiger partial charge in [0.2, 0.25) is 5.16 Å². The fraction of sp³-hybridized carbons (Fsp3) is 0.105. The number of methoxy groups -OCH3 is 1. The van der Waals surface area contributed by atoms with E-state index < -0.39 is 5.56 Å². The van der Waals surface area contributed by atoms with E-state index in [9.17, 15) is 9.59 Å². The molecule has 10 heteroatoms. The van der Waals surface area contributed by atoms with Crippen LogP contribution in [0.3, 0.4) is 0 Å². The van der Waals surface area contributed by atoms with Crippen molar-refractivity contribution in [1.82, 2.24) is 24.7 Å². The second kappa shape index (κ2) is 6.74. The summed E-state index contributed by atoms with van der Waals surface area (Å²) in [6, 6.07) is 14.2. The molecule has 144 valence electrons. The molecule has 4 aromatic rings. The minimum atomic E-state index is -0.396. The fourth-order valence-corrected chi connectivity index (χ4v) is 3.96. The largest absolute Gasteiger partial charge is 0.497 e. The predicted molar refractivity (Wildman–Crippen MR) is 109 cm³/mol. The molecule has 3 heterocycles.